The molecule has 0 aromatic rings. The molecule has 0 amide bonds. The molecule has 1 atom stereocenters. The first-order valence-corrected chi connectivity index (χ1v) is 4.87. The molecule has 2 nitrogen and oxygen atoms in total. The van der Waals surface area contributed by atoms with Crippen LogP contribution in [0.2, 0.25) is 0 Å². The largest absolute Gasteiger partial charge is 0.151 e. The van der Waals surface area contributed by atoms with Crippen LogP contribution in [-0.2, 0) is 0 Å². The fourth-order valence-corrected chi connectivity index (χ4v) is 2.42. The standard InChI is InChI=1S/C10H19NO/c1-4-5-10(8-11-12)7-6-9(10,2)3/h4-8H2,1-3H3. The molecule has 1 unspecified atom stereocenters. The molecule has 0 N–H and O–H groups in total. The molecule has 0 aliphatic heterocycles. The van der Waals surface area contributed by atoms with Crippen molar-refractivity contribution < 1.29 is 0 Å². The first-order valence-electron chi connectivity index (χ1n) is 4.87. The Bertz CT molecular complexity index is 177. The zero-order valence-corrected chi connectivity index (χ0v) is 8.39. The van der Waals surface area contributed by atoms with E-state index in [0.29, 0.717) is 12.0 Å². The minimum atomic E-state index is 0.240. The van der Waals surface area contributed by atoms with Gasteiger partial charge in [0.25, 0.3) is 0 Å². The van der Waals surface area contributed by atoms with Gasteiger partial charge in [-0.2, -0.15) is 4.91 Å². The maximum Gasteiger partial charge on any atom is 0.0872 e. The molecule has 12 heavy (non-hydrogen) atoms. The molecule has 0 aromatic carbocycles. The van der Waals surface area contributed by atoms with Crippen LogP contribution in [0, 0.1) is 15.7 Å². The van der Waals surface area contributed by atoms with E-state index in [1.165, 1.54) is 19.3 Å². The first-order chi connectivity index (χ1) is 5.58. The van der Waals surface area contributed by atoms with E-state index in [2.05, 4.69) is 25.9 Å². The van der Waals surface area contributed by atoms with Crippen LogP contribution in [0.1, 0.15) is 46.5 Å². The molecule has 0 aromatic heterocycles. The summed E-state index contributed by atoms with van der Waals surface area (Å²) >= 11 is 0. The zero-order valence-electron chi connectivity index (χ0n) is 8.39. The maximum absolute atomic E-state index is 10.3. The highest BCUT2D eigenvalue weighted by molar-refractivity contribution is 5.02. The summed E-state index contributed by atoms with van der Waals surface area (Å²) in [6, 6.07) is 0. The molecule has 1 rings (SSSR count). The van der Waals surface area contributed by atoms with Crippen molar-refractivity contribution >= 4 is 0 Å². The normalized spacial score (nSPS) is 32.6. The van der Waals surface area contributed by atoms with Crippen LogP contribution in [0.4, 0.5) is 0 Å². The number of nitrogens with zero attached hydrogens (tertiary/aromatic N) is 1. The van der Waals surface area contributed by atoms with E-state index in [4.69, 9.17) is 0 Å². The summed E-state index contributed by atoms with van der Waals surface area (Å²) in [6.45, 7) is 7.23. The second-order valence-corrected chi connectivity index (χ2v) is 4.70. The summed E-state index contributed by atoms with van der Waals surface area (Å²) in [6.07, 6.45) is 4.77. The van der Waals surface area contributed by atoms with Crippen LogP contribution in [0.25, 0.3) is 0 Å². The average Bonchev–Trinajstić information content (AvgIpc) is 2.02. The van der Waals surface area contributed by atoms with Crippen LogP contribution < -0.4 is 0 Å². The zero-order chi connectivity index (χ0) is 9.24. The highest BCUT2D eigenvalue weighted by Gasteiger charge is 2.52. The van der Waals surface area contributed by atoms with Crippen molar-refractivity contribution in [2.45, 2.75) is 46.5 Å². The molecule has 0 saturated heterocycles. The summed E-state index contributed by atoms with van der Waals surface area (Å²) < 4.78 is 0. The molecule has 0 spiro atoms. The minimum absolute atomic E-state index is 0.240. The van der Waals surface area contributed by atoms with Crippen LogP contribution in [0.15, 0.2) is 5.18 Å². The van der Waals surface area contributed by atoms with Crippen molar-refractivity contribution in [3.8, 4) is 0 Å². The summed E-state index contributed by atoms with van der Waals surface area (Å²) in [5.41, 5.74) is 0.584. The van der Waals surface area contributed by atoms with Crippen molar-refractivity contribution in [2.75, 3.05) is 6.54 Å². The molecular weight excluding hydrogens is 150 g/mol. The van der Waals surface area contributed by atoms with Gasteiger partial charge in [-0.05, 0) is 30.1 Å². The number of hydrogen-bond donors (Lipinski definition) is 0. The fraction of sp³-hybridized carbons (Fsp3) is 1.00. The second kappa shape index (κ2) is 3.15. The van der Waals surface area contributed by atoms with E-state index in [1.807, 2.05) is 0 Å². The van der Waals surface area contributed by atoms with Gasteiger partial charge < -0.3 is 0 Å². The van der Waals surface area contributed by atoms with Crippen LogP contribution in [-0.4, -0.2) is 6.54 Å². The number of nitroso groups, excluding NO2 is 1. The Morgan fingerprint density at radius 3 is 2.25 bits per heavy atom. The Labute approximate surface area is 74.7 Å². The van der Waals surface area contributed by atoms with Gasteiger partial charge in [-0.25, -0.2) is 0 Å². The Hall–Kier alpha value is -0.400. The summed E-state index contributed by atoms with van der Waals surface area (Å²) in [7, 11) is 0. The smallest absolute Gasteiger partial charge is 0.0872 e. The summed E-state index contributed by atoms with van der Waals surface area (Å²) in [5.74, 6) is 0. The number of rotatable bonds is 4. The van der Waals surface area contributed by atoms with E-state index in [0.717, 1.165) is 6.42 Å². The Morgan fingerprint density at radius 2 is 2.00 bits per heavy atom. The van der Waals surface area contributed by atoms with Crippen LogP contribution in [0.3, 0.4) is 0 Å². The van der Waals surface area contributed by atoms with Gasteiger partial charge in [-0.1, -0.05) is 32.4 Å². The van der Waals surface area contributed by atoms with Gasteiger partial charge in [0.2, 0.25) is 0 Å². The third-order valence-electron chi connectivity index (χ3n) is 3.76. The van der Waals surface area contributed by atoms with E-state index < -0.39 is 0 Å². The highest BCUT2D eigenvalue weighted by atomic mass is 16.3. The number of hydrogen-bond acceptors (Lipinski definition) is 2. The third-order valence-corrected chi connectivity index (χ3v) is 3.76. The Kier molecular flexibility index (Phi) is 2.55. The highest BCUT2D eigenvalue weighted by Crippen LogP contribution is 2.59. The summed E-state index contributed by atoms with van der Waals surface area (Å²) in [5, 5.41) is 3.09. The van der Waals surface area contributed by atoms with E-state index in [9.17, 15) is 4.91 Å². The van der Waals surface area contributed by atoms with Gasteiger partial charge in [-0.15, -0.1) is 0 Å². The molecule has 2 heteroatoms. The Balaban J connectivity index is 2.66. The molecule has 0 bridgehead atoms. The lowest BCUT2D eigenvalue weighted by Gasteiger charge is -2.55. The molecule has 1 aliphatic rings. The molecule has 1 aliphatic carbocycles. The molecule has 0 radical (unpaired) electrons. The van der Waals surface area contributed by atoms with Gasteiger partial charge in [0.1, 0.15) is 0 Å². The monoisotopic (exact) mass is 169 g/mol. The van der Waals surface area contributed by atoms with Gasteiger partial charge in [0.05, 0.1) is 6.54 Å². The predicted molar refractivity (Wildman–Crippen MR) is 51.0 cm³/mol. The molecule has 0 heterocycles. The lowest BCUT2D eigenvalue weighted by molar-refractivity contribution is -0.0506. The minimum Gasteiger partial charge on any atom is -0.151 e. The van der Waals surface area contributed by atoms with Crippen molar-refractivity contribution in [3.63, 3.8) is 0 Å². The van der Waals surface area contributed by atoms with E-state index in [1.54, 1.807) is 0 Å². The topological polar surface area (TPSA) is 29.4 Å². The molecular formula is C10H19NO. The van der Waals surface area contributed by atoms with Crippen LogP contribution >= 0.6 is 0 Å². The van der Waals surface area contributed by atoms with E-state index >= 15 is 0 Å². The molecule has 1 saturated carbocycles. The average molecular weight is 169 g/mol. The lowest BCUT2D eigenvalue weighted by atomic mass is 9.49. The quantitative estimate of drug-likeness (QED) is 0.593. The van der Waals surface area contributed by atoms with Gasteiger partial charge in [-0.3, -0.25) is 0 Å². The van der Waals surface area contributed by atoms with E-state index in [-0.39, 0.29) is 5.41 Å². The molecule has 1 fully saturated rings. The summed E-state index contributed by atoms with van der Waals surface area (Å²) in [4.78, 5) is 10.3. The fourth-order valence-electron chi connectivity index (χ4n) is 2.42. The van der Waals surface area contributed by atoms with Crippen molar-refractivity contribution in [3.05, 3.63) is 4.91 Å². The maximum atomic E-state index is 10.3. The van der Waals surface area contributed by atoms with Crippen molar-refractivity contribution in [2.24, 2.45) is 16.0 Å². The van der Waals surface area contributed by atoms with Gasteiger partial charge >= 0.3 is 0 Å². The second-order valence-electron chi connectivity index (χ2n) is 4.70. The SMILES string of the molecule is CCCC1(CN=O)CCC1(C)C. The third kappa shape index (κ3) is 1.27. The van der Waals surface area contributed by atoms with Gasteiger partial charge in [0.15, 0.2) is 0 Å². The predicted octanol–water partition coefficient (Wildman–Crippen LogP) is 3.36. The molecule has 70 valence electrons. The van der Waals surface area contributed by atoms with Crippen molar-refractivity contribution in [1.82, 2.24) is 0 Å². The van der Waals surface area contributed by atoms with Crippen LogP contribution in [0.5, 0.6) is 0 Å². The van der Waals surface area contributed by atoms with Gasteiger partial charge in [0, 0.05) is 0 Å². The lowest BCUT2D eigenvalue weighted by Crippen LogP contribution is -2.49. The first kappa shape index (κ1) is 9.69. The Morgan fingerprint density at radius 1 is 1.33 bits per heavy atom. The van der Waals surface area contributed by atoms with Crippen molar-refractivity contribution in [1.29, 1.82) is 0 Å².